The topological polar surface area (TPSA) is 3.24 Å². The zero-order valence-corrected chi connectivity index (χ0v) is 34.8. The molecule has 0 N–H and O–H groups in total. The van der Waals surface area contributed by atoms with E-state index in [1.54, 1.807) is 0 Å². The molecule has 0 fully saturated rings. The van der Waals surface area contributed by atoms with Gasteiger partial charge in [-0.2, -0.15) is 0 Å². The Bertz CT molecular complexity index is 3210. The van der Waals surface area contributed by atoms with E-state index < -0.39 is 0 Å². The van der Waals surface area contributed by atoms with Gasteiger partial charge in [-0.1, -0.05) is 206 Å². The van der Waals surface area contributed by atoms with Gasteiger partial charge in [-0.05, 0) is 143 Å². The van der Waals surface area contributed by atoms with Crippen LogP contribution in [0.2, 0.25) is 0 Å². The zero-order valence-electron chi connectivity index (χ0n) is 34.8. The number of nitrogens with zero attached hydrogens (tertiary/aromatic N) is 1. The van der Waals surface area contributed by atoms with E-state index in [2.05, 4.69) is 266 Å². The van der Waals surface area contributed by atoms with Gasteiger partial charge in [-0.15, -0.1) is 0 Å². The van der Waals surface area contributed by atoms with Crippen molar-refractivity contribution in [1.29, 1.82) is 0 Å². The molecule has 0 aliphatic heterocycles. The highest BCUT2D eigenvalue weighted by molar-refractivity contribution is 5.91. The Morgan fingerprint density at radius 3 is 0.952 bits per heavy atom. The predicted molar refractivity (Wildman–Crippen MR) is 269 cm³/mol. The Morgan fingerprint density at radius 1 is 0.175 bits per heavy atom. The van der Waals surface area contributed by atoms with Crippen LogP contribution in [0, 0.1) is 0 Å². The van der Waals surface area contributed by atoms with E-state index in [1.807, 2.05) is 0 Å². The Labute approximate surface area is 369 Å². The van der Waals surface area contributed by atoms with Crippen LogP contribution in [-0.4, -0.2) is 0 Å². The maximum Gasteiger partial charge on any atom is 0.0462 e. The standard InChI is InChI=1S/C62H43N/c1-3-11-44(12-4-1)57-33-40-61(51-15-5-2-6-16-51)62(43-57)52-23-19-47(20-24-52)48-27-34-58(35-28-48)63(59-36-29-49(30-37-59)55-25-21-45-13-7-9-17-53(45)41-55)60-38-31-50(32-39-60)56-26-22-46-14-8-10-18-54(46)42-56/h1-43H. The lowest BCUT2D eigenvalue weighted by molar-refractivity contribution is 1.28. The molecule has 11 rings (SSSR count). The fraction of sp³-hybridized carbons (Fsp3) is 0. The average molecular weight is 802 g/mol. The summed E-state index contributed by atoms with van der Waals surface area (Å²) in [6.07, 6.45) is 0. The third-order valence-electron chi connectivity index (χ3n) is 12.3. The Balaban J connectivity index is 0.925. The molecule has 0 amide bonds. The van der Waals surface area contributed by atoms with Crippen molar-refractivity contribution in [2.45, 2.75) is 0 Å². The van der Waals surface area contributed by atoms with E-state index in [0.29, 0.717) is 0 Å². The van der Waals surface area contributed by atoms with Gasteiger partial charge in [0.2, 0.25) is 0 Å². The summed E-state index contributed by atoms with van der Waals surface area (Å²) in [5.41, 5.74) is 17.7. The van der Waals surface area contributed by atoms with Crippen molar-refractivity contribution in [3.63, 3.8) is 0 Å². The van der Waals surface area contributed by atoms with E-state index in [0.717, 1.165) is 17.1 Å². The molecule has 1 nitrogen and oxygen atoms in total. The van der Waals surface area contributed by atoms with Crippen LogP contribution in [0.1, 0.15) is 0 Å². The number of anilines is 3. The first-order chi connectivity index (χ1) is 31.2. The second kappa shape index (κ2) is 16.7. The second-order valence-corrected chi connectivity index (χ2v) is 16.2. The van der Waals surface area contributed by atoms with Crippen molar-refractivity contribution in [3.8, 4) is 66.8 Å². The first-order valence-electron chi connectivity index (χ1n) is 21.6. The largest absolute Gasteiger partial charge is 0.311 e. The molecule has 0 heterocycles. The summed E-state index contributed by atoms with van der Waals surface area (Å²) >= 11 is 0. The van der Waals surface area contributed by atoms with E-state index in [1.165, 1.54) is 88.3 Å². The summed E-state index contributed by atoms with van der Waals surface area (Å²) in [5, 5.41) is 5.00. The number of hydrogen-bond donors (Lipinski definition) is 0. The smallest absolute Gasteiger partial charge is 0.0462 e. The molecule has 0 aliphatic carbocycles. The van der Waals surface area contributed by atoms with E-state index in [9.17, 15) is 0 Å². The van der Waals surface area contributed by atoms with Crippen LogP contribution in [0.25, 0.3) is 88.3 Å². The maximum atomic E-state index is 2.35. The van der Waals surface area contributed by atoms with E-state index in [4.69, 9.17) is 0 Å². The summed E-state index contributed by atoms with van der Waals surface area (Å²) in [7, 11) is 0. The van der Waals surface area contributed by atoms with Gasteiger partial charge in [0, 0.05) is 17.1 Å². The lowest BCUT2D eigenvalue weighted by Gasteiger charge is -2.26. The molecule has 0 radical (unpaired) electrons. The zero-order chi connectivity index (χ0) is 42.0. The molecule has 0 aliphatic rings. The molecule has 0 saturated heterocycles. The maximum absolute atomic E-state index is 2.35. The number of benzene rings is 11. The van der Waals surface area contributed by atoms with E-state index in [-0.39, 0.29) is 0 Å². The first-order valence-corrected chi connectivity index (χ1v) is 21.6. The van der Waals surface area contributed by atoms with Gasteiger partial charge in [0.1, 0.15) is 0 Å². The van der Waals surface area contributed by atoms with Gasteiger partial charge in [0.05, 0.1) is 0 Å². The van der Waals surface area contributed by atoms with Crippen LogP contribution in [-0.2, 0) is 0 Å². The molecular formula is C62H43N. The van der Waals surface area contributed by atoms with Gasteiger partial charge in [-0.25, -0.2) is 0 Å². The second-order valence-electron chi connectivity index (χ2n) is 16.2. The third kappa shape index (κ3) is 7.69. The van der Waals surface area contributed by atoms with Crippen LogP contribution in [0.4, 0.5) is 17.1 Å². The van der Waals surface area contributed by atoms with Crippen molar-refractivity contribution in [2.24, 2.45) is 0 Å². The summed E-state index contributed by atoms with van der Waals surface area (Å²) in [4.78, 5) is 2.35. The minimum absolute atomic E-state index is 1.09. The van der Waals surface area contributed by atoms with Crippen LogP contribution in [0.15, 0.2) is 261 Å². The van der Waals surface area contributed by atoms with Crippen molar-refractivity contribution < 1.29 is 0 Å². The molecule has 11 aromatic carbocycles. The number of fused-ring (bicyclic) bond motifs is 2. The number of rotatable bonds is 9. The Hall–Kier alpha value is -8.26. The fourth-order valence-electron chi connectivity index (χ4n) is 8.90. The lowest BCUT2D eigenvalue weighted by atomic mass is 9.90. The summed E-state index contributed by atoms with van der Waals surface area (Å²) in [6.45, 7) is 0. The van der Waals surface area contributed by atoms with Gasteiger partial charge in [-0.3, -0.25) is 0 Å². The Kier molecular flexibility index (Phi) is 9.97. The van der Waals surface area contributed by atoms with Crippen molar-refractivity contribution in [3.05, 3.63) is 261 Å². The van der Waals surface area contributed by atoms with Gasteiger partial charge < -0.3 is 4.90 Å². The Morgan fingerprint density at radius 2 is 0.476 bits per heavy atom. The fourth-order valence-corrected chi connectivity index (χ4v) is 8.90. The third-order valence-corrected chi connectivity index (χ3v) is 12.3. The normalized spacial score (nSPS) is 11.2. The molecule has 11 aromatic rings. The molecule has 0 bridgehead atoms. The highest BCUT2D eigenvalue weighted by Crippen LogP contribution is 2.40. The monoisotopic (exact) mass is 801 g/mol. The highest BCUT2D eigenvalue weighted by atomic mass is 15.1. The van der Waals surface area contributed by atoms with Gasteiger partial charge in [0.15, 0.2) is 0 Å². The molecule has 1 heteroatoms. The highest BCUT2D eigenvalue weighted by Gasteiger charge is 2.15. The molecular weight excluding hydrogens is 759 g/mol. The minimum Gasteiger partial charge on any atom is -0.311 e. The van der Waals surface area contributed by atoms with Crippen LogP contribution in [0.5, 0.6) is 0 Å². The first kappa shape index (κ1) is 37.7. The van der Waals surface area contributed by atoms with Crippen LogP contribution >= 0.6 is 0 Å². The molecule has 0 saturated carbocycles. The SMILES string of the molecule is c1ccc(-c2ccc(-c3ccccc3)c(-c3ccc(-c4ccc(N(c5ccc(-c6ccc7ccccc7c6)cc5)c5ccc(-c6ccc7ccccc7c6)cc5)cc4)cc3)c2)cc1. The van der Waals surface area contributed by atoms with Crippen LogP contribution < -0.4 is 4.90 Å². The summed E-state index contributed by atoms with van der Waals surface area (Å²) < 4.78 is 0. The molecule has 0 aromatic heterocycles. The molecule has 0 unspecified atom stereocenters. The van der Waals surface area contributed by atoms with Crippen LogP contribution in [0.3, 0.4) is 0 Å². The molecule has 0 spiro atoms. The van der Waals surface area contributed by atoms with Gasteiger partial charge in [0.25, 0.3) is 0 Å². The van der Waals surface area contributed by atoms with Crippen molar-refractivity contribution in [1.82, 2.24) is 0 Å². The van der Waals surface area contributed by atoms with Gasteiger partial charge >= 0.3 is 0 Å². The predicted octanol–water partition coefficient (Wildman–Crippen LogP) is 17.5. The van der Waals surface area contributed by atoms with E-state index >= 15 is 0 Å². The summed E-state index contributed by atoms with van der Waals surface area (Å²) in [6, 6.07) is 94.6. The quantitative estimate of drug-likeness (QED) is 0.141. The molecule has 0 atom stereocenters. The minimum atomic E-state index is 1.09. The van der Waals surface area contributed by atoms with Crippen molar-refractivity contribution >= 4 is 38.6 Å². The number of hydrogen-bond acceptors (Lipinski definition) is 1. The summed E-state index contributed by atoms with van der Waals surface area (Å²) in [5.74, 6) is 0. The lowest BCUT2D eigenvalue weighted by Crippen LogP contribution is -2.09. The average Bonchev–Trinajstić information content (AvgIpc) is 3.37. The molecule has 63 heavy (non-hydrogen) atoms. The van der Waals surface area contributed by atoms with Crippen molar-refractivity contribution in [2.75, 3.05) is 4.90 Å². The molecule has 296 valence electrons.